The molecule has 0 unspecified atom stereocenters. The number of carboxylic acid groups (broad SMARTS) is 4. The Morgan fingerprint density at radius 1 is 0.571 bits per heavy atom. The molecule has 0 aromatic rings. The van der Waals surface area contributed by atoms with Gasteiger partial charge in [0, 0.05) is 25.0 Å². The van der Waals surface area contributed by atoms with Crippen LogP contribution in [0.1, 0.15) is 44.9 Å². The van der Waals surface area contributed by atoms with Crippen LogP contribution in [-0.2, 0) is 19.2 Å². The van der Waals surface area contributed by atoms with E-state index >= 15 is 0 Å². The molecule has 0 saturated heterocycles. The lowest BCUT2D eigenvalue weighted by Gasteiger charge is -1.97. The largest absolute Gasteiger partial charge is 0.481 e. The van der Waals surface area contributed by atoms with E-state index in [-0.39, 0.29) is 12.8 Å². The minimum atomic E-state index is -1.26. The van der Waals surface area contributed by atoms with Gasteiger partial charge in [0.25, 0.3) is 0 Å². The van der Waals surface area contributed by atoms with Crippen molar-refractivity contribution < 1.29 is 39.6 Å². The summed E-state index contributed by atoms with van der Waals surface area (Å²) in [6.07, 6.45) is 5.64. The van der Waals surface area contributed by atoms with Crippen LogP contribution in [0, 0.1) is 0 Å². The molecule has 0 bridgehead atoms. The molecular weight excluding hydrogens is 284 g/mol. The molecule has 0 atom stereocenters. The molecule has 0 fully saturated rings. The highest BCUT2D eigenvalue weighted by Gasteiger charge is 1.98. The maximum atomic E-state index is 10.1. The van der Waals surface area contributed by atoms with E-state index < -0.39 is 23.9 Å². The topological polar surface area (TPSA) is 149 Å². The molecule has 0 radical (unpaired) electrons. The summed E-state index contributed by atoms with van der Waals surface area (Å²) < 4.78 is 0. The highest BCUT2D eigenvalue weighted by molar-refractivity contribution is 5.89. The second-order valence-corrected chi connectivity index (χ2v) is 4.07. The summed E-state index contributed by atoms with van der Waals surface area (Å²) >= 11 is 0. The number of aliphatic carboxylic acids is 4. The molecule has 4 N–H and O–H groups in total. The Bertz CT molecular complexity index is 338. The molecule has 21 heavy (non-hydrogen) atoms. The van der Waals surface area contributed by atoms with Crippen LogP contribution in [0.15, 0.2) is 12.2 Å². The maximum Gasteiger partial charge on any atom is 0.328 e. The zero-order chi connectivity index (χ0) is 16.7. The lowest BCUT2D eigenvalue weighted by atomic mass is 10.1. The number of carbonyl (C=O) groups is 4. The fourth-order valence-corrected chi connectivity index (χ4v) is 1.23. The normalized spacial score (nSPS) is 9.71. The molecule has 0 aromatic heterocycles. The first-order chi connectivity index (χ1) is 9.75. The molecule has 0 amide bonds. The van der Waals surface area contributed by atoms with E-state index in [2.05, 4.69) is 0 Å². The maximum absolute atomic E-state index is 10.1. The van der Waals surface area contributed by atoms with Crippen LogP contribution >= 0.6 is 0 Å². The third kappa shape index (κ3) is 27.0. The van der Waals surface area contributed by atoms with E-state index in [1.54, 1.807) is 0 Å². The van der Waals surface area contributed by atoms with Gasteiger partial charge in [-0.3, -0.25) is 9.59 Å². The minimum Gasteiger partial charge on any atom is -0.481 e. The van der Waals surface area contributed by atoms with Gasteiger partial charge in [0.2, 0.25) is 0 Å². The molecule has 8 heteroatoms. The van der Waals surface area contributed by atoms with Crippen molar-refractivity contribution in [2.24, 2.45) is 0 Å². The Balaban J connectivity index is 0. The van der Waals surface area contributed by atoms with Crippen molar-refractivity contribution in [2.75, 3.05) is 0 Å². The van der Waals surface area contributed by atoms with Crippen molar-refractivity contribution in [3.05, 3.63) is 12.2 Å². The lowest BCUT2D eigenvalue weighted by molar-refractivity contribution is -0.138. The van der Waals surface area contributed by atoms with Gasteiger partial charge >= 0.3 is 23.9 Å². The Labute approximate surface area is 121 Å². The smallest absolute Gasteiger partial charge is 0.328 e. The zero-order valence-electron chi connectivity index (χ0n) is 11.5. The summed E-state index contributed by atoms with van der Waals surface area (Å²) in [6, 6.07) is 0. The lowest BCUT2D eigenvalue weighted by Crippen LogP contribution is -1.95. The van der Waals surface area contributed by atoms with E-state index in [1.807, 2.05) is 0 Å². The Morgan fingerprint density at radius 2 is 0.857 bits per heavy atom. The number of hydrogen-bond donors (Lipinski definition) is 4. The summed E-state index contributed by atoms with van der Waals surface area (Å²) in [6.45, 7) is 0. The van der Waals surface area contributed by atoms with Gasteiger partial charge in [-0.15, -0.1) is 0 Å². The van der Waals surface area contributed by atoms with Crippen LogP contribution in [0.25, 0.3) is 0 Å². The van der Waals surface area contributed by atoms with Gasteiger partial charge in [0.15, 0.2) is 0 Å². The van der Waals surface area contributed by atoms with E-state index in [0.717, 1.165) is 19.3 Å². The highest BCUT2D eigenvalue weighted by atomic mass is 16.4. The van der Waals surface area contributed by atoms with Gasteiger partial charge in [0.05, 0.1) is 0 Å². The molecule has 0 saturated carbocycles. The van der Waals surface area contributed by atoms with Gasteiger partial charge in [-0.2, -0.15) is 0 Å². The summed E-state index contributed by atoms with van der Waals surface area (Å²) in [5, 5.41) is 32.2. The molecule has 0 heterocycles. The predicted molar refractivity (Wildman–Crippen MR) is 72.0 cm³/mol. The molecule has 0 spiro atoms. The third-order valence-corrected chi connectivity index (χ3v) is 2.15. The van der Waals surface area contributed by atoms with Gasteiger partial charge in [-0.05, 0) is 12.8 Å². The fraction of sp³-hybridized carbons (Fsp3) is 0.538. The quantitative estimate of drug-likeness (QED) is 0.351. The summed E-state index contributed by atoms with van der Waals surface area (Å²) in [5.74, 6) is -4.03. The van der Waals surface area contributed by atoms with Crippen molar-refractivity contribution in [3.8, 4) is 0 Å². The Kier molecular flexibility index (Phi) is 14.0. The van der Waals surface area contributed by atoms with Crippen LogP contribution < -0.4 is 0 Å². The van der Waals surface area contributed by atoms with Crippen molar-refractivity contribution in [3.63, 3.8) is 0 Å². The SMILES string of the molecule is O=C(O)C=CC(=O)O.O=C(O)CCCCCCCC(=O)O. The number of carboxylic acids is 4. The standard InChI is InChI=1S/C9H16O4.C4H4O4/c10-8(11)6-4-2-1-3-5-7-9(12)13;5-3(6)1-2-4(7)8/h1-7H2,(H,10,11)(H,12,13);1-2H,(H,5,6)(H,7,8). The average molecular weight is 304 g/mol. The van der Waals surface area contributed by atoms with Gasteiger partial charge in [0.1, 0.15) is 0 Å². The van der Waals surface area contributed by atoms with Crippen LogP contribution in [0.2, 0.25) is 0 Å². The number of hydrogen-bond acceptors (Lipinski definition) is 4. The fourth-order valence-electron chi connectivity index (χ4n) is 1.23. The van der Waals surface area contributed by atoms with E-state index in [1.165, 1.54) is 0 Å². The van der Waals surface area contributed by atoms with Gasteiger partial charge in [-0.1, -0.05) is 19.3 Å². The highest BCUT2D eigenvalue weighted by Crippen LogP contribution is 2.06. The van der Waals surface area contributed by atoms with E-state index in [4.69, 9.17) is 20.4 Å². The summed E-state index contributed by atoms with van der Waals surface area (Å²) in [4.78, 5) is 39.3. The van der Waals surface area contributed by atoms with Crippen molar-refractivity contribution in [2.45, 2.75) is 44.9 Å². The third-order valence-electron chi connectivity index (χ3n) is 2.15. The first kappa shape index (κ1) is 20.9. The molecule has 0 aromatic carbocycles. The van der Waals surface area contributed by atoms with Crippen LogP contribution in [-0.4, -0.2) is 44.3 Å². The van der Waals surface area contributed by atoms with Crippen LogP contribution in [0.4, 0.5) is 0 Å². The Morgan fingerprint density at radius 3 is 1.10 bits per heavy atom. The number of unbranched alkanes of at least 4 members (excludes halogenated alkanes) is 4. The second-order valence-electron chi connectivity index (χ2n) is 4.07. The first-order valence-corrected chi connectivity index (χ1v) is 6.33. The minimum absolute atomic E-state index is 0.221. The van der Waals surface area contributed by atoms with Crippen molar-refractivity contribution >= 4 is 23.9 Å². The second kappa shape index (κ2) is 14.0. The molecule has 120 valence electrons. The van der Waals surface area contributed by atoms with Crippen LogP contribution in [0.3, 0.4) is 0 Å². The van der Waals surface area contributed by atoms with Crippen molar-refractivity contribution in [1.29, 1.82) is 0 Å². The zero-order valence-corrected chi connectivity index (χ0v) is 11.5. The van der Waals surface area contributed by atoms with E-state index in [0.29, 0.717) is 25.0 Å². The number of rotatable bonds is 10. The molecule has 8 nitrogen and oxygen atoms in total. The van der Waals surface area contributed by atoms with Gasteiger partial charge in [-0.25, -0.2) is 9.59 Å². The molecule has 0 aliphatic rings. The molecular formula is C13H20O8. The monoisotopic (exact) mass is 304 g/mol. The van der Waals surface area contributed by atoms with E-state index in [9.17, 15) is 19.2 Å². The van der Waals surface area contributed by atoms with Crippen LogP contribution in [0.5, 0.6) is 0 Å². The average Bonchev–Trinajstić information content (AvgIpc) is 2.35. The molecule has 0 aliphatic carbocycles. The first-order valence-electron chi connectivity index (χ1n) is 6.33. The Hall–Kier alpha value is -2.38. The predicted octanol–water partition coefficient (Wildman–Crippen LogP) is 1.60. The molecule has 0 aliphatic heterocycles. The molecule has 0 rings (SSSR count). The van der Waals surface area contributed by atoms with Crippen molar-refractivity contribution in [1.82, 2.24) is 0 Å². The summed E-state index contributed by atoms with van der Waals surface area (Å²) in [7, 11) is 0. The summed E-state index contributed by atoms with van der Waals surface area (Å²) in [5.41, 5.74) is 0. The van der Waals surface area contributed by atoms with Gasteiger partial charge < -0.3 is 20.4 Å².